The molecule has 1 fully saturated rings. The van der Waals surface area contributed by atoms with E-state index in [9.17, 15) is 4.79 Å². The Balaban J connectivity index is 0.00000120. The fraction of sp³-hybridized carbons (Fsp3) is 0.500. The highest BCUT2D eigenvalue weighted by Crippen LogP contribution is 2.49. The van der Waals surface area contributed by atoms with Crippen LogP contribution in [0.3, 0.4) is 0 Å². The molecule has 3 nitrogen and oxygen atoms in total. The summed E-state index contributed by atoms with van der Waals surface area (Å²) in [6.07, 6.45) is 1.20. The molecule has 0 bridgehead atoms. The van der Waals surface area contributed by atoms with Crippen LogP contribution in [0.5, 0.6) is 5.75 Å². The number of ketones is 1. The molecule has 1 saturated carbocycles. The van der Waals surface area contributed by atoms with Gasteiger partial charge in [0.1, 0.15) is 17.9 Å². The Morgan fingerprint density at radius 1 is 1.44 bits per heavy atom. The van der Waals surface area contributed by atoms with Crippen molar-refractivity contribution in [3.05, 3.63) is 29.3 Å². The first kappa shape index (κ1) is 13.4. The highest BCUT2D eigenvalue weighted by atomic mass is 35.5. The van der Waals surface area contributed by atoms with Gasteiger partial charge in [-0.1, -0.05) is 24.6 Å². The van der Waals surface area contributed by atoms with Crippen LogP contribution in [0.15, 0.2) is 18.2 Å². The molecule has 1 aliphatic carbocycles. The Hall–Kier alpha value is -1.06. The summed E-state index contributed by atoms with van der Waals surface area (Å²) < 4.78 is 5.91. The van der Waals surface area contributed by atoms with Crippen LogP contribution in [-0.2, 0) is 10.2 Å². The van der Waals surface area contributed by atoms with E-state index < -0.39 is 6.04 Å². The third-order valence-corrected chi connectivity index (χ3v) is 4.22. The van der Waals surface area contributed by atoms with Gasteiger partial charge in [-0.25, -0.2) is 0 Å². The van der Waals surface area contributed by atoms with Crippen LogP contribution in [0.25, 0.3) is 0 Å². The predicted octanol–water partition coefficient (Wildman–Crippen LogP) is 2.13. The van der Waals surface area contributed by atoms with Crippen LogP contribution in [-0.4, -0.2) is 17.9 Å². The van der Waals surface area contributed by atoms with Gasteiger partial charge in [0.2, 0.25) is 0 Å². The molecule has 0 spiro atoms. The monoisotopic (exact) mass is 267 g/mol. The van der Waals surface area contributed by atoms with Crippen LogP contribution in [0.4, 0.5) is 0 Å². The van der Waals surface area contributed by atoms with Gasteiger partial charge in [-0.2, -0.15) is 0 Å². The van der Waals surface area contributed by atoms with Crippen molar-refractivity contribution in [1.29, 1.82) is 0 Å². The van der Waals surface area contributed by atoms with E-state index in [1.54, 1.807) is 0 Å². The van der Waals surface area contributed by atoms with Crippen molar-refractivity contribution in [3.8, 4) is 5.75 Å². The number of fused-ring (bicyclic) bond motifs is 3. The third kappa shape index (κ3) is 1.65. The molecule has 2 aliphatic rings. The van der Waals surface area contributed by atoms with E-state index in [4.69, 9.17) is 10.5 Å². The zero-order chi connectivity index (χ0) is 12.2. The van der Waals surface area contributed by atoms with Gasteiger partial charge in [0.05, 0.1) is 0 Å². The van der Waals surface area contributed by atoms with Crippen LogP contribution in [0.1, 0.15) is 30.9 Å². The molecule has 2 N–H and O–H groups in total. The van der Waals surface area contributed by atoms with Crippen LogP contribution in [0.2, 0.25) is 0 Å². The summed E-state index contributed by atoms with van der Waals surface area (Å²) in [6.45, 7) is 4.24. The van der Waals surface area contributed by atoms with Gasteiger partial charge >= 0.3 is 0 Å². The molecule has 0 saturated heterocycles. The number of hydrogen-bond acceptors (Lipinski definition) is 3. The molecule has 3 unspecified atom stereocenters. The lowest BCUT2D eigenvalue weighted by Gasteiger charge is -2.37. The highest BCUT2D eigenvalue weighted by molar-refractivity contribution is 5.86. The first-order valence-corrected chi connectivity index (χ1v) is 6.08. The topological polar surface area (TPSA) is 52.3 Å². The van der Waals surface area contributed by atoms with Gasteiger partial charge in [-0.3, -0.25) is 4.79 Å². The van der Waals surface area contributed by atoms with Gasteiger partial charge in [0, 0.05) is 17.4 Å². The molecular weight excluding hydrogens is 250 g/mol. The molecule has 1 heterocycles. The Morgan fingerprint density at radius 2 is 2.17 bits per heavy atom. The Kier molecular flexibility index (Phi) is 3.16. The normalized spacial score (nSPS) is 33.2. The van der Waals surface area contributed by atoms with Gasteiger partial charge < -0.3 is 10.5 Å². The summed E-state index contributed by atoms with van der Waals surface area (Å²) in [5, 5.41) is 0. The quantitative estimate of drug-likeness (QED) is 0.783. The number of aryl methyl sites for hydroxylation is 1. The van der Waals surface area contributed by atoms with Gasteiger partial charge in [-0.05, 0) is 19.4 Å². The van der Waals surface area contributed by atoms with E-state index in [0.29, 0.717) is 6.42 Å². The largest absolute Gasteiger partial charge is 0.487 e. The van der Waals surface area contributed by atoms with Crippen molar-refractivity contribution in [2.45, 2.75) is 44.2 Å². The zero-order valence-electron chi connectivity index (χ0n) is 10.6. The minimum absolute atomic E-state index is 0. The number of ether oxygens (including phenoxy) is 1. The first-order chi connectivity index (χ1) is 8.02. The van der Waals surface area contributed by atoms with Crippen molar-refractivity contribution in [1.82, 2.24) is 0 Å². The molecular formula is C14H18ClNO2. The number of halogens is 1. The lowest BCUT2D eigenvalue weighted by molar-refractivity contribution is -0.126. The number of rotatable bonds is 0. The third-order valence-electron chi connectivity index (χ3n) is 4.22. The lowest BCUT2D eigenvalue weighted by atomic mass is 9.68. The summed E-state index contributed by atoms with van der Waals surface area (Å²) in [4.78, 5) is 11.7. The number of carbonyl (C=O) groups excluding carboxylic acids is 1. The lowest BCUT2D eigenvalue weighted by Crippen LogP contribution is -2.56. The average molecular weight is 268 g/mol. The second-order valence-electron chi connectivity index (χ2n) is 5.45. The van der Waals surface area contributed by atoms with E-state index >= 15 is 0 Å². The molecule has 0 amide bonds. The maximum absolute atomic E-state index is 11.7. The van der Waals surface area contributed by atoms with Crippen molar-refractivity contribution in [2.75, 3.05) is 0 Å². The molecule has 4 heteroatoms. The predicted molar refractivity (Wildman–Crippen MR) is 72.4 cm³/mol. The van der Waals surface area contributed by atoms with E-state index in [-0.39, 0.29) is 29.7 Å². The van der Waals surface area contributed by atoms with E-state index in [1.165, 1.54) is 11.1 Å². The summed E-state index contributed by atoms with van der Waals surface area (Å²) in [6, 6.07) is 5.71. The maximum Gasteiger partial charge on any atom is 0.153 e. The summed E-state index contributed by atoms with van der Waals surface area (Å²) >= 11 is 0. The fourth-order valence-electron chi connectivity index (χ4n) is 3.08. The number of carbonyl (C=O) groups is 1. The van der Waals surface area contributed by atoms with Crippen molar-refractivity contribution >= 4 is 18.2 Å². The first-order valence-electron chi connectivity index (χ1n) is 6.08. The number of nitrogens with two attached hydrogens (primary N) is 1. The average Bonchev–Trinajstić information content (AvgIpc) is 2.59. The molecule has 0 aromatic heterocycles. The van der Waals surface area contributed by atoms with E-state index in [2.05, 4.69) is 19.9 Å². The number of hydrogen-bond donors (Lipinski definition) is 1. The van der Waals surface area contributed by atoms with Crippen LogP contribution in [0, 0.1) is 6.92 Å². The Labute approximate surface area is 113 Å². The summed E-state index contributed by atoms with van der Waals surface area (Å²) in [5.41, 5.74) is 8.32. The van der Waals surface area contributed by atoms with Crippen LogP contribution < -0.4 is 10.5 Å². The number of Topliss-reactive ketones (excluding diaryl/α,β-unsaturated/α-hetero) is 1. The Bertz CT molecular complexity index is 503. The molecule has 98 valence electrons. The molecule has 1 aliphatic heterocycles. The van der Waals surface area contributed by atoms with Crippen LogP contribution >= 0.6 is 12.4 Å². The molecule has 1 aromatic carbocycles. The second kappa shape index (κ2) is 4.25. The van der Waals surface area contributed by atoms with E-state index in [0.717, 1.165) is 12.2 Å². The SMILES string of the molecule is Cc1ccc2c(c1)C1(C)CCC(=O)C(N)C1O2.Cl. The van der Waals surface area contributed by atoms with Crippen molar-refractivity contribution in [3.63, 3.8) is 0 Å². The standard InChI is InChI=1S/C14H17NO2.ClH/c1-8-3-4-11-9(7-8)14(2)6-5-10(16)12(15)13(14)17-11;/h3-4,7,12-13H,5-6,15H2,1-2H3;1H. The minimum Gasteiger partial charge on any atom is -0.487 e. The maximum atomic E-state index is 11.7. The number of benzene rings is 1. The van der Waals surface area contributed by atoms with Crippen molar-refractivity contribution in [2.24, 2.45) is 5.73 Å². The smallest absolute Gasteiger partial charge is 0.153 e. The molecule has 18 heavy (non-hydrogen) atoms. The highest BCUT2D eigenvalue weighted by Gasteiger charge is 2.52. The molecule has 1 aromatic rings. The van der Waals surface area contributed by atoms with Gasteiger partial charge in [-0.15, -0.1) is 12.4 Å². The van der Waals surface area contributed by atoms with Gasteiger partial charge in [0.25, 0.3) is 0 Å². The minimum atomic E-state index is -0.485. The fourth-order valence-corrected chi connectivity index (χ4v) is 3.08. The molecule has 0 radical (unpaired) electrons. The molecule has 3 rings (SSSR count). The Morgan fingerprint density at radius 3 is 2.89 bits per heavy atom. The molecule has 3 atom stereocenters. The summed E-state index contributed by atoms with van der Waals surface area (Å²) in [7, 11) is 0. The van der Waals surface area contributed by atoms with E-state index in [1.807, 2.05) is 12.1 Å². The second-order valence-corrected chi connectivity index (χ2v) is 5.45. The van der Waals surface area contributed by atoms with Crippen molar-refractivity contribution < 1.29 is 9.53 Å². The zero-order valence-corrected chi connectivity index (χ0v) is 11.4. The summed E-state index contributed by atoms with van der Waals surface area (Å²) in [5.74, 6) is 1.02. The van der Waals surface area contributed by atoms with Gasteiger partial charge in [0.15, 0.2) is 5.78 Å².